The van der Waals surface area contributed by atoms with Gasteiger partial charge in [0.15, 0.2) is 0 Å². The van der Waals surface area contributed by atoms with Gasteiger partial charge in [-0.05, 0) is 24.6 Å². The number of carbonyl (C=O) groups excluding carboxylic acids is 2. The molecule has 1 saturated heterocycles. The normalized spacial score (nSPS) is 13.9. The number of piperazine rings is 1. The highest BCUT2D eigenvalue weighted by atomic mass is 35.5. The highest BCUT2D eigenvalue weighted by Crippen LogP contribution is 2.21. The minimum atomic E-state index is -0.220. The first-order chi connectivity index (χ1) is 15.1. The molecule has 0 atom stereocenters. The molecule has 1 aliphatic rings. The number of benzene rings is 1. The fourth-order valence-electron chi connectivity index (χ4n) is 3.56. The molecule has 31 heavy (non-hydrogen) atoms. The quantitative estimate of drug-likeness (QED) is 0.551. The maximum Gasteiger partial charge on any atom is 0.274 e. The monoisotopic (exact) mass is 445 g/mol. The molecule has 8 nitrogen and oxygen atoms in total. The van der Waals surface area contributed by atoms with Gasteiger partial charge in [-0.15, -0.1) is 0 Å². The number of aromatic nitrogens is 2. The van der Waals surface area contributed by atoms with Gasteiger partial charge >= 0.3 is 0 Å². The minimum Gasteiger partial charge on any atom is -0.385 e. The van der Waals surface area contributed by atoms with Gasteiger partial charge in [0.25, 0.3) is 5.91 Å². The number of methoxy groups -OCH3 is 1. The van der Waals surface area contributed by atoms with Crippen molar-refractivity contribution >= 4 is 29.1 Å². The van der Waals surface area contributed by atoms with Crippen LogP contribution in [0.4, 0.5) is 5.69 Å². The fourth-order valence-corrected chi connectivity index (χ4v) is 3.75. The van der Waals surface area contributed by atoms with Crippen LogP contribution in [0.15, 0.2) is 42.9 Å². The Hall–Kier alpha value is -2.71. The van der Waals surface area contributed by atoms with Crippen molar-refractivity contribution in [3.8, 4) is 0 Å². The van der Waals surface area contributed by atoms with E-state index in [-0.39, 0.29) is 23.9 Å². The second-order valence-electron chi connectivity index (χ2n) is 7.33. The molecule has 3 rings (SSSR count). The number of nitrogens with zero attached hydrogens (tertiary/aromatic N) is 5. The first-order valence-corrected chi connectivity index (χ1v) is 10.8. The van der Waals surface area contributed by atoms with Gasteiger partial charge in [-0.25, -0.2) is 4.98 Å². The van der Waals surface area contributed by atoms with Crippen LogP contribution in [0.2, 0.25) is 5.02 Å². The molecular weight excluding hydrogens is 418 g/mol. The standard InChI is InChI=1S/C22H28ClN5O3/c1-31-15-3-9-28(22(30)20-17-24-7-8-25-20)10-6-21(29)27-13-11-26(12-14-27)19-5-2-4-18(23)16-19/h2,4-5,7-8,16-17H,3,6,9-15H2,1H3. The summed E-state index contributed by atoms with van der Waals surface area (Å²) in [4.78, 5) is 39.4. The van der Waals surface area contributed by atoms with E-state index in [0.29, 0.717) is 44.2 Å². The van der Waals surface area contributed by atoms with E-state index in [2.05, 4.69) is 14.9 Å². The van der Waals surface area contributed by atoms with Crippen LogP contribution in [0, 0.1) is 0 Å². The number of hydrogen-bond donors (Lipinski definition) is 0. The molecule has 2 aromatic rings. The molecule has 0 radical (unpaired) electrons. The molecule has 0 spiro atoms. The number of hydrogen-bond acceptors (Lipinski definition) is 6. The number of amides is 2. The number of rotatable bonds is 9. The molecule has 1 aromatic carbocycles. The Bertz CT molecular complexity index is 859. The third-order valence-electron chi connectivity index (χ3n) is 5.25. The van der Waals surface area contributed by atoms with Crippen LogP contribution in [0.1, 0.15) is 23.3 Å². The summed E-state index contributed by atoms with van der Waals surface area (Å²) in [5.74, 6) is -0.169. The van der Waals surface area contributed by atoms with Crippen molar-refractivity contribution in [1.29, 1.82) is 0 Å². The lowest BCUT2D eigenvalue weighted by Gasteiger charge is -2.36. The molecule has 2 amide bonds. The molecule has 0 unspecified atom stereocenters. The Morgan fingerprint density at radius 1 is 1.16 bits per heavy atom. The summed E-state index contributed by atoms with van der Waals surface area (Å²) in [6.45, 7) is 4.18. The van der Waals surface area contributed by atoms with Gasteiger partial charge < -0.3 is 19.4 Å². The van der Waals surface area contributed by atoms with Crippen LogP contribution < -0.4 is 4.90 Å². The van der Waals surface area contributed by atoms with Crippen molar-refractivity contribution in [2.75, 3.05) is 57.9 Å². The summed E-state index contributed by atoms with van der Waals surface area (Å²) < 4.78 is 5.10. The Balaban J connectivity index is 1.52. The smallest absolute Gasteiger partial charge is 0.274 e. The number of anilines is 1. The first-order valence-electron chi connectivity index (χ1n) is 10.4. The average molecular weight is 446 g/mol. The highest BCUT2D eigenvalue weighted by Gasteiger charge is 2.23. The topological polar surface area (TPSA) is 78.9 Å². The predicted octanol–water partition coefficient (Wildman–Crippen LogP) is 2.35. The van der Waals surface area contributed by atoms with Crippen molar-refractivity contribution in [3.63, 3.8) is 0 Å². The zero-order chi connectivity index (χ0) is 22.1. The molecule has 0 saturated carbocycles. The van der Waals surface area contributed by atoms with E-state index in [1.165, 1.54) is 18.6 Å². The molecule has 0 aliphatic carbocycles. The molecule has 0 bridgehead atoms. The molecule has 0 N–H and O–H groups in total. The van der Waals surface area contributed by atoms with Gasteiger partial charge in [-0.1, -0.05) is 17.7 Å². The van der Waals surface area contributed by atoms with E-state index in [1.807, 2.05) is 29.2 Å². The van der Waals surface area contributed by atoms with Crippen molar-refractivity contribution in [1.82, 2.24) is 19.8 Å². The summed E-state index contributed by atoms with van der Waals surface area (Å²) in [7, 11) is 1.63. The number of carbonyl (C=O) groups is 2. The zero-order valence-corrected chi connectivity index (χ0v) is 18.5. The number of ether oxygens (including phenoxy) is 1. The molecular formula is C22H28ClN5O3. The Morgan fingerprint density at radius 3 is 2.65 bits per heavy atom. The van der Waals surface area contributed by atoms with Gasteiger partial charge in [-0.3, -0.25) is 14.6 Å². The maximum absolute atomic E-state index is 12.8. The lowest BCUT2D eigenvalue weighted by molar-refractivity contribution is -0.131. The first kappa shape index (κ1) is 23.0. The lowest BCUT2D eigenvalue weighted by Crippen LogP contribution is -2.49. The molecule has 1 aliphatic heterocycles. The maximum atomic E-state index is 12.8. The lowest BCUT2D eigenvalue weighted by atomic mass is 10.2. The molecule has 9 heteroatoms. The van der Waals surface area contributed by atoms with E-state index >= 15 is 0 Å². The van der Waals surface area contributed by atoms with Gasteiger partial charge in [0.1, 0.15) is 5.69 Å². The highest BCUT2D eigenvalue weighted by molar-refractivity contribution is 6.30. The molecule has 2 heterocycles. The average Bonchev–Trinajstić information content (AvgIpc) is 2.81. The largest absolute Gasteiger partial charge is 0.385 e. The van der Waals surface area contributed by atoms with Crippen LogP contribution in [-0.4, -0.2) is 84.6 Å². The summed E-state index contributed by atoms with van der Waals surface area (Å²) in [6, 6.07) is 7.75. The van der Waals surface area contributed by atoms with Crippen LogP contribution in [0.25, 0.3) is 0 Å². The Morgan fingerprint density at radius 2 is 1.97 bits per heavy atom. The second-order valence-corrected chi connectivity index (χ2v) is 7.76. The summed E-state index contributed by atoms with van der Waals surface area (Å²) in [5, 5.41) is 0.706. The van der Waals surface area contributed by atoms with Crippen molar-refractivity contribution < 1.29 is 14.3 Å². The van der Waals surface area contributed by atoms with Gasteiger partial charge in [-0.2, -0.15) is 0 Å². The van der Waals surface area contributed by atoms with E-state index in [1.54, 1.807) is 12.0 Å². The summed E-state index contributed by atoms with van der Waals surface area (Å²) in [5.41, 5.74) is 1.35. The van der Waals surface area contributed by atoms with E-state index in [0.717, 1.165) is 18.8 Å². The predicted molar refractivity (Wildman–Crippen MR) is 119 cm³/mol. The fraction of sp³-hybridized carbons (Fsp3) is 0.455. The third-order valence-corrected chi connectivity index (χ3v) is 5.48. The molecule has 1 aromatic heterocycles. The van der Waals surface area contributed by atoms with Crippen LogP contribution in [0.5, 0.6) is 0 Å². The molecule has 1 fully saturated rings. The Labute approximate surface area is 187 Å². The van der Waals surface area contributed by atoms with Gasteiger partial charge in [0.05, 0.1) is 6.20 Å². The zero-order valence-electron chi connectivity index (χ0n) is 17.7. The van der Waals surface area contributed by atoms with E-state index in [9.17, 15) is 9.59 Å². The minimum absolute atomic E-state index is 0.0504. The van der Waals surface area contributed by atoms with Crippen LogP contribution in [-0.2, 0) is 9.53 Å². The Kier molecular flexibility index (Phi) is 8.61. The van der Waals surface area contributed by atoms with E-state index in [4.69, 9.17) is 16.3 Å². The summed E-state index contributed by atoms with van der Waals surface area (Å²) >= 11 is 6.09. The third kappa shape index (κ3) is 6.63. The SMILES string of the molecule is COCCCN(CCC(=O)N1CCN(c2cccc(Cl)c2)CC1)C(=O)c1cnccn1. The van der Waals surface area contributed by atoms with Crippen LogP contribution >= 0.6 is 11.6 Å². The second kappa shape index (κ2) is 11.6. The van der Waals surface area contributed by atoms with Gasteiger partial charge in [0.2, 0.25) is 5.91 Å². The molecule has 166 valence electrons. The van der Waals surface area contributed by atoms with Crippen LogP contribution in [0.3, 0.4) is 0 Å². The number of halogens is 1. The van der Waals surface area contributed by atoms with Crippen molar-refractivity contribution in [3.05, 3.63) is 53.6 Å². The van der Waals surface area contributed by atoms with Gasteiger partial charge in [0, 0.05) is 82.5 Å². The van der Waals surface area contributed by atoms with Crippen molar-refractivity contribution in [2.24, 2.45) is 0 Å². The summed E-state index contributed by atoms with van der Waals surface area (Å²) in [6.07, 6.45) is 5.43. The van der Waals surface area contributed by atoms with E-state index < -0.39 is 0 Å². The van der Waals surface area contributed by atoms with Crippen molar-refractivity contribution in [2.45, 2.75) is 12.8 Å².